The molecule has 5 heteroatoms. The van der Waals surface area contributed by atoms with E-state index in [9.17, 15) is 0 Å². The van der Waals surface area contributed by atoms with Crippen LogP contribution in [0.4, 0.5) is 0 Å². The quantitative estimate of drug-likeness (QED) is 0.469. The SMILES string of the molecule is C=C/C(=C\C(=C/C)c1ccc2[nH]nc(-c3cc4cccnc4[nH]3)c2n1)CC. The summed E-state index contributed by atoms with van der Waals surface area (Å²) >= 11 is 0. The van der Waals surface area contributed by atoms with E-state index in [2.05, 4.69) is 51.9 Å². The van der Waals surface area contributed by atoms with Crippen molar-refractivity contribution >= 4 is 27.6 Å². The molecular weight excluding hydrogens is 334 g/mol. The van der Waals surface area contributed by atoms with Crippen LogP contribution in [-0.2, 0) is 0 Å². The lowest BCUT2D eigenvalue weighted by Crippen LogP contribution is -1.90. The van der Waals surface area contributed by atoms with Crippen molar-refractivity contribution in [2.75, 3.05) is 0 Å². The second-order valence-corrected chi connectivity index (χ2v) is 6.31. The number of H-pyrrole nitrogens is 2. The van der Waals surface area contributed by atoms with E-state index in [1.54, 1.807) is 6.20 Å². The maximum Gasteiger partial charge on any atom is 0.137 e. The summed E-state index contributed by atoms with van der Waals surface area (Å²) in [6.07, 6.45) is 8.80. The topological polar surface area (TPSA) is 70.2 Å². The third kappa shape index (κ3) is 3.08. The molecule has 5 nitrogen and oxygen atoms in total. The Morgan fingerprint density at radius 2 is 2.15 bits per heavy atom. The molecule has 134 valence electrons. The first-order valence-electron chi connectivity index (χ1n) is 9.02. The highest BCUT2D eigenvalue weighted by Gasteiger charge is 2.14. The number of pyridine rings is 2. The van der Waals surface area contributed by atoms with Gasteiger partial charge in [0, 0.05) is 11.6 Å². The molecule has 4 aromatic heterocycles. The van der Waals surface area contributed by atoms with Crippen LogP contribution in [0.3, 0.4) is 0 Å². The number of rotatable bonds is 5. The normalized spacial score (nSPS) is 12.8. The summed E-state index contributed by atoms with van der Waals surface area (Å²) in [5.74, 6) is 0. The van der Waals surface area contributed by atoms with E-state index in [0.717, 1.165) is 51.1 Å². The summed E-state index contributed by atoms with van der Waals surface area (Å²) in [4.78, 5) is 12.6. The van der Waals surface area contributed by atoms with Gasteiger partial charge in [0.15, 0.2) is 0 Å². The predicted molar refractivity (Wildman–Crippen MR) is 111 cm³/mol. The number of hydrogen-bond donors (Lipinski definition) is 2. The molecule has 4 aromatic rings. The lowest BCUT2D eigenvalue weighted by atomic mass is 10.1. The Labute approximate surface area is 157 Å². The van der Waals surface area contributed by atoms with Gasteiger partial charge in [-0.25, -0.2) is 9.97 Å². The van der Waals surface area contributed by atoms with Crippen LogP contribution in [0.25, 0.3) is 39.0 Å². The summed E-state index contributed by atoms with van der Waals surface area (Å²) in [5, 5.41) is 8.61. The van der Waals surface area contributed by atoms with Gasteiger partial charge in [0.2, 0.25) is 0 Å². The van der Waals surface area contributed by atoms with Gasteiger partial charge < -0.3 is 4.98 Å². The highest BCUT2D eigenvalue weighted by atomic mass is 15.1. The predicted octanol–water partition coefficient (Wildman–Crippen LogP) is 5.43. The van der Waals surface area contributed by atoms with E-state index in [0.29, 0.717) is 0 Å². The Bertz CT molecular complexity index is 1160. The van der Waals surface area contributed by atoms with Gasteiger partial charge in [-0.3, -0.25) is 5.10 Å². The molecule has 2 N–H and O–H groups in total. The molecule has 0 amide bonds. The van der Waals surface area contributed by atoms with E-state index in [1.165, 1.54) is 5.57 Å². The van der Waals surface area contributed by atoms with Gasteiger partial charge in [0.1, 0.15) is 16.9 Å². The van der Waals surface area contributed by atoms with Crippen molar-refractivity contribution in [2.24, 2.45) is 0 Å². The lowest BCUT2D eigenvalue weighted by Gasteiger charge is -2.04. The molecule has 0 aliphatic rings. The average molecular weight is 355 g/mol. The van der Waals surface area contributed by atoms with E-state index < -0.39 is 0 Å². The molecule has 0 aliphatic carbocycles. The van der Waals surface area contributed by atoms with E-state index in [1.807, 2.05) is 37.3 Å². The summed E-state index contributed by atoms with van der Waals surface area (Å²) in [7, 11) is 0. The van der Waals surface area contributed by atoms with Gasteiger partial charge in [0.25, 0.3) is 0 Å². The Balaban J connectivity index is 1.84. The van der Waals surface area contributed by atoms with Crippen molar-refractivity contribution in [1.29, 1.82) is 0 Å². The fourth-order valence-corrected chi connectivity index (χ4v) is 3.14. The molecule has 0 unspecified atom stereocenters. The first-order valence-corrected chi connectivity index (χ1v) is 9.02. The minimum Gasteiger partial charge on any atom is -0.338 e. The van der Waals surface area contributed by atoms with Crippen LogP contribution in [0.15, 0.2) is 66.9 Å². The number of hydrogen-bond acceptors (Lipinski definition) is 3. The highest BCUT2D eigenvalue weighted by Crippen LogP contribution is 2.28. The van der Waals surface area contributed by atoms with Gasteiger partial charge in [-0.15, -0.1) is 0 Å². The second kappa shape index (κ2) is 7.03. The molecule has 0 radical (unpaired) electrons. The van der Waals surface area contributed by atoms with Crippen LogP contribution in [-0.4, -0.2) is 25.1 Å². The summed E-state index contributed by atoms with van der Waals surface area (Å²) in [6.45, 7) is 8.03. The van der Waals surface area contributed by atoms with Gasteiger partial charge in [-0.05, 0) is 60.9 Å². The smallest absolute Gasteiger partial charge is 0.137 e. The fraction of sp³-hybridized carbons (Fsp3) is 0.136. The van der Waals surface area contributed by atoms with Crippen molar-refractivity contribution in [1.82, 2.24) is 25.1 Å². The molecule has 0 saturated carbocycles. The summed E-state index contributed by atoms with van der Waals surface area (Å²) in [5.41, 5.74) is 7.44. The maximum absolute atomic E-state index is 4.89. The van der Waals surface area contributed by atoms with Crippen molar-refractivity contribution in [3.63, 3.8) is 0 Å². The Kier molecular flexibility index (Phi) is 4.42. The van der Waals surface area contributed by atoms with Crippen molar-refractivity contribution in [3.8, 4) is 11.4 Å². The number of aromatic nitrogens is 5. The first-order chi connectivity index (χ1) is 13.2. The second-order valence-electron chi connectivity index (χ2n) is 6.31. The van der Waals surface area contributed by atoms with E-state index in [4.69, 9.17) is 4.98 Å². The summed E-state index contributed by atoms with van der Waals surface area (Å²) < 4.78 is 0. The zero-order valence-corrected chi connectivity index (χ0v) is 15.5. The number of allylic oxidation sites excluding steroid dienone is 5. The molecule has 4 rings (SSSR count). The minimum absolute atomic E-state index is 0.795. The average Bonchev–Trinajstić information content (AvgIpc) is 3.32. The first kappa shape index (κ1) is 17.0. The zero-order chi connectivity index (χ0) is 18.8. The van der Waals surface area contributed by atoms with Crippen molar-refractivity contribution in [3.05, 3.63) is 72.6 Å². The zero-order valence-electron chi connectivity index (χ0n) is 15.5. The number of nitrogens with zero attached hydrogens (tertiary/aromatic N) is 3. The number of aromatic amines is 2. The fourth-order valence-electron chi connectivity index (χ4n) is 3.14. The van der Waals surface area contributed by atoms with Gasteiger partial charge in [-0.2, -0.15) is 5.10 Å². The standard InChI is InChI=1S/C22H21N5/c1-4-14(5-2)12-15(6-3)17-9-10-18-20(24-17)21(27-26-18)19-13-16-8-7-11-23-22(16)25-19/h4,6-13H,1,5H2,2-3H3,(H,23,25)(H,26,27)/b14-12+,15-6+. The van der Waals surface area contributed by atoms with Crippen LogP contribution in [0, 0.1) is 0 Å². The molecule has 0 fully saturated rings. The third-order valence-corrected chi connectivity index (χ3v) is 4.67. The van der Waals surface area contributed by atoms with Gasteiger partial charge in [0.05, 0.1) is 16.9 Å². The lowest BCUT2D eigenvalue weighted by molar-refractivity contribution is 1.12. The summed E-state index contributed by atoms with van der Waals surface area (Å²) in [6, 6.07) is 10.0. The number of fused-ring (bicyclic) bond motifs is 2. The molecule has 0 aliphatic heterocycles. The van der Waals surface area contributed by atoms with Crippen molar-refractivity contribution in [2.45, 2.75) is 20.3 Å². The van der Waals surface area contributed by atoms with Gasteiger partial charge in [-0.1, -0.05) is 25.7 Å². The Morgan fingerprint density at radius 3 is 2.89 bits per heavy atom. The van der Waals surface area contributed by atoms with Crippen LogP contribution in [0.2, 0.25) is 0 Å². The van der Waals surface area contributed by atoms with E-state index in [-0.39, 0.29) is 0 Å². The van der Waals surface area contributed by atoms with Crippen LogP contribution in [0.1, 0.15) is 26.0 Å². The Hall–Kier alpha value is -3.47. The monoisotopic (exact) mass is 355 g/mol. The number of nitrogens with one attached hydrogen (secondary N) is 2. The molecule has 0 spiro atoms. The molecule has 0 saturated heterocycles. The van der Waals surface area contributed by atoms with Crippen LogP contribution >= 0.6 is 0 Å². The van der Waals surface area contributed by atoms with E-state index >= 15 is 0 Å². The Morgan fingerprint density at radius 1 is 1.26 bits per heavy atom. The van der Waals surface area contributed by atoms with Gasteiger partial charge >= 0.3 is 0 Å². The van der Waals surface area contributed by atoms with Crippen LogP contribution in [0.5, 0.6) is 0 Å². The molecular formula is C22H21N5. The highest BCUT2D eigenvalue weighted by molar-refractivity contribution is 5.93. The molecule has 0 aromatic carbocycles. The maximum atomic E-state index is 4.89. The van der Waals surface area contributed by atoms with Crippen LogP contribution < -0.4 is 0 Å². The molecule has 4 heterocycles. The molecule has 27 heavy (non-hydrogen) atoms. The van der Waals surface area contributed by atoms with Crippen molar-refractivity contribution < 1.29 is 0 Å². The minimum atomic E-state index is 0.795. The molecule has 0 atom stereocenters. The molecule has 0 bridgehead atoms. The largest absolute Gasteiger partial charge is 0.338 e. The third-order valence-electron chi connectivity index (χ3n) is 4.67.